The van der Waals surface area contributed by atoms with Crippen LogP contribution in [0.25, 0.3) is 0 Å². The van der Waals surface area contributed by atoms with Crippen LogP contribution in [0, 0.1) is 5.92 Å². The van der Waals surface area contributed by atoms with Crippen molar-refractivity contribution >= 4 is 0 Å². The number of ether oxygens (including phenoxy) is 2. The van der Waals surface area contributed by atoms with Crippen LogP contribution in [-0.2, 0) is 16.1 Å². The monoisotopic (exact) mass is 250 g/mol. The highest BCUT2D eigenvalue weighted by atomic mass is 16.7. The van der Waals surface area contributed by atoms with Gasteiger partial charge in [-0.05, 0) is 39.2 Å². The molecule has 2 heteroatoms. The fourth-order valence-corrected chi connectivity index (χ4v) is 1.61. The minimum atomic E-state index is -0.580. The van der Waals surface area contributed by atoms with Crippen molar-refractivity contribution in [2.24, 2.45) is 5.92 Å². The molecule has 0 amide bonds. The van der Waals surface area contributed by atoms with Crippen molar-refractivity contribution in [3.8, 4) is 0 Å². The Morgan fingerprint density at radius 3 is 2.06 bits per heavy atom. The van der Waals surface area contributed by atoms with Crippen LogP contribution in [0.4, 0.5) is 0 Å². The van der Waals surface area contributed by atoms with E-state index in [4.69, 9.17) is 9.47 Å². The summed E-state index contributed by atoms with van der Waals surface area (Å²) in [5.41, 5.74) is 0.969. The summed E-state index contributed by atoms with van der Waals surface area (Å²) in [6.07, 6.45) is 0. The minimum absolute atomic E-state index is 0.194. The first-order chi connectivity index (χ1) is 8.23. The number of rotatable bonds is 6. The highest BCUT2D eigenvalue weighted by Crippen LogP contribution is 2.28. The Bertz CT molecular complexity index is 353. The summed E-state index contributed by atoms with van der Waals surface area (Å²) in [5, 5.41) is 0. The third-order valence-corrected chi connectivity index (χ3v) is 3.33. The van der Waals surface area contributed by atoms with E-state index in [9.17, 15) is 0 Å². The maximum atomic E-state index is 6.09. The summed E-state index contributed by atoms with van der Waals surface area (Å²) in [6.45, 7) is 13.0. The lowest BCUT2D eigenvalue weighted by Gasteiger charge is -2.38. The van der Waals surface area contributed by atoms with Crippen LogP contribution >= 0.6 is 0 Å². The molecule has 1 rings (SSSR count). The summed E-state index contributed by atoms with van der Waals surface area (Å²) >= 11 is 0. The second-order valence-electron chi connectivity index (χ2n) is 6.03. The van der Waals surface area contributed by atoms with E-state index in [0.717, 1.165) is 5.56 Å². The molecule has 0 saturated heterocycles. The maximum Gasteiger partial charge on any atom is 0.163 e. The van der Waals surface area contributed by atoms with E-state index < -0.39 is 5.79 Å². The topological polar surface area (TPSA) is 18.5 Å². The van der Waals surface area contributed by atoms with Gasteiger partial charge in [0.1, 0.15) is 0 Å². The van der Waals surface area contributed by atoms with E-state index in [0.29, 0.717) is 12.5 Å². The zero-order valence-electron chi connectivity index (χ0n) is 12.5. The molecular formula is C16H26O2. The van der Waals surface area contributed by atoms with Crippen LogP contribution in [0.15, 0.2) is 30.3 Å². The van der Waals surface area contributed by atoms with Crippen molar-refractivity contribution in [3.63, 3.8) is 0 Å². The SMILES string of the molecule is CC(C)C(C)(C)OC(C)(C)OCc1ccccc1. The molecule has 0 radical (unpaired) electrons. The molecule has 0 aliphatic carbocycles. The van der Waals surface area contributed by atoms with Crippen LogP contribution in [0.1, 0.15) is 47.1 Å². The summed E-state index contributed by atoms with van der Waals surface area (Å²) in [4.78, 5) is 0. The van der Waals surface area contributed by atoms with Gasteiger partial charge in [-0.2, -0.15) is 0 Å². The van der Waals surface area contributed by atoms with E-state index in [1.807, 2.05) is 32.0 Å². The summed E-state index contributed by atoms with van der Waals surface area (Å²) in [7, 11) is 0. The second-order valence-corrected chi connectivity index (χ2v) is 6.03. The normalized spacial score (nSPS) is 13.1. The first-order valence-corrected chi connectivity index (χ1v) is 6.61. The third kappa shape index (κ3) is 4.79. The second kappa shape index (κ2) is 5.85. The molecule has 102 valence electrons. The van der Waals surface area contributed by atoms with Crippen molar-refractivity contribution in [2.75, 3.05) is 0 Å². The van der Waals surface area contributed by atoms with Gasteiger partial charge in [-0.3, -0.25) is 0 Å². The first-order valence-electron chi connectivity index (χ1n) is 6.61. The molecule has 0 spiro atoms. The third-order valence-electron chi connectivity index (χ3n) is 3.33. The van der Waals surface area contributed by atoms with E-state index in [1.54, 1.807) is 0 Å². The van der Waals surface area contributed by atoms with Gasteiger partial charge in [0.15, 0.2) is 5.79 Å². The standard InChI is InChI=1S/C16H26O2/c1-13(2)15(3,4)18-16(5,6)17-12-14-10-8-7-9-11-14/h7-11,13H,12H2,1-6H3. The van der Waals surface area contributed by atoms with Crippen molar-refractivity contribution in [1.82, 2.24) is 0 Å². The predicted octanol–water partition coefficient (Wildman–Crippen LogP) is 4.39. The Morgan fingerprint density at radius 1 is 1.00 bits per heavy atom. The largest absolute Gasteiger partial charge is 0.346 e. The van der Waals surface area contributed by atoms with Crippen molar-refractivity contribution in [3.05, 3.63) is 35.9 Å². The lowest BCUT2D eigenvalue weighted by Crippen LogP contribution is -2.42. The molecule has 0 bridgehead atoms. The predicted molar refractivity (Wildman–Crippen MR) is 75.3 cm³/mol. The van der Waals surface area contributed by atoms with Gasteiger partial charge in [0, 0.05) is 0 Å². The van der Waals surface area contributed by atoms with E-state index in [2.05, 4.69) is 39.8 Å². The van der Waals surface area contributed by atoms with Gasteiger partial charge in [0.25, 0.3) is 0 Å². The Balaban J connectivity index is 2.55. The number of hydrogen-bond acceptors (Lipinski definition) is 2. The summed E-state index contributed by atoms with van der Waals surface area (Å²) in [5.74, 6) is -0.138. The highest BCUT2D eigenvalue weighted by Gasteiger charge is 2.32. The molecule has 0 N–H and O–H groups in total. The molecule has 0 aliphatic rings. The van der Waals surface area contributed by atoms with E-state index in [-0.39, 0.29) is 5.60 Å². The Kier molecular flexibility index (Phi) is 4.94. The average Bonchev–Trinajstić information content (AvgIpc) is 2.26. The molecule has 0 unspecified atom stereocenters. The molecule has 0 saturated carbocycles. The zero-order chi connectivity index (χ0) is 13.8. The van der Waals surface area contributed by atoms with Crippen LogP contribution in [0.5, 0.6) is 0 Å². The lowest BCUT2D eigenvalue weighted by atomic mass is 9.94. The van der Waals surface area contributed by atoms with Gasteiger partial charge in [0.05, 0.1) is 12.2 Å². The zero-order valence-corrected chi connectivity index (χ0v) is 12.5. The molecule has 0 heterocycles. The summed E-state index contributed by atoms with van der Waals surface area (Å²) in [6, 6.07) is 10.2. The lowest BCUT2D eigenvalue weighted by molar-refractivity contribution is -0.276. The number of benzene rings is 1. The maximum absolute atomic E-state index is 6.09. The molecule has 0 aliphatic heterocycles. The molecule has 0 atom stereocenters. The molecule has 0 fully saturated rings. The fourth-order valence-electron chi connectivity index (χ4n) is 1.61. The average molecular weight is 250 g/mol. The molecule has 18 heavy (non-hydrogen) atoms. The first kappa shape index (κ1) is 15.2. The van der Waals surface area contributed by atoms with Crippen molar-refractivity contribution in [2.45, 2.75) is 59.5 Å². The van der Waals surface area contributed by atoms with E-state index >= 15 is 0 Å². The van der Waals surface area contributed by atoms with E-state index in [1.165, 1.54) is 0 Å². The fraction of sp³-hybridized carbons (Fsp3) is 0.625. The van der Waals surface area contributed by atoms with Gasteiger partial charge in [-0.1, -0.05) is 44.2 Å². The van der Waals surface area contributed by atoms with Crippen molar-refractivity contribution in [1.29, 1.82) is 0 Å². The minimum Gasteiger partial charge on any atom is -0.346 e. The Morgan fingerprint density at radius 2 is 1.56 bits per heavy atom. The highest BCUT2D eigenvalue weighted by molar-refractivity contribution is 5.13. The smallest absolute Gasteiger partial charge is 0.163 e. The van der Waals surface area contributed by atoms with Gasteiger partial charge < -0.3 is 9.47 Å². The summed E-state index contributed by atoms with van der Waals surface area (Å²) < 4.78 is 12.0. The molecule has 0 aromatic heterocycles. The van der Waals surface area contributed by atoms with Crippen LogP contribution in [0.2, 0.25) is 0 Å². The number of hydrogen-bond donors (Lipinski definition) is 0. The quantitative estimate of drug-likeness (QED) is 0.697. The van der Waals surface area contributed by atoms with Crippen LogP contribution in [0.3, 0.4) is 0 Å². The van der Waals surface area contributed by atoms with Crippen molar-refractivity contribution < 1.29 is 9.47 Å². The van der Waals surface area contributed by atoms with Crippen LogP contribution < -0.4 is 0 Å². The van der Waals surface area contributed by atoms with Gasteiger partial charge in [0.2, 0.25) is 0 Å². The molecule has 1 aromatic rings. The molecule has 2 nitrogen and oxygen atoms in total. The van der Waals surface area contributed by atoms with Gasteiger partial charge in [-0.25, -0.2) is 0 Å². The molecule has 1 aromatic carbocycles. The molecular weight excluding hydrogens is 224 g/mol. The van der Waals surface area contributed by atoms with Crippen LogP contribution in [-0.4, -0.2) is 11.4 Å². The van der Waals surface area contributed by atoms with Gasteiger partial charge in [-0.15, -0.1) is 0 Å². The Labute approximate surface area is 111 Å². The Hall–Kier alpha value is -0.860. The van der Waals surface area contributed by atoms with Gasteiger partial charge >= 0.3 is 0 Å².